The van der Waals surface area contributed by atoms with Crippen LogP contribution in [0.5, 0.6) is 0 Å². The van der Waals surface area contributed by atoms with E-state index in [2.05, 4.69) is 0 Å². The molecule has 0 fully saturated rings. The molecule has 82 valence electrons. The van der Waals surface area contributed by atoms with Gasteiger partial charge in [0.15, 0.2) is 5.78 Å². The monoisotopic (exact) mass is 209 g/mol. The molecule has 2 N–H and O–H groups in total. The Hall–Kier alpha value is -1.22. The van der Waals surface area contributed by atoms with Gasteiger partial charge in [-0.3, -0.25) is 4.79 Å². The average molecular weight is 209 g/mol. The number of halogens is 1. The molecule has 0 aliphatic heterocycles. The zero-order valence-electron chi connectivity index (χ0n) is 9.03. The van der Waals surface area contributed by atoms with Gasteiger partial charge < -0.3 is 5.73 Å². The average Bonchev–Trinajstić information content (AvgIpc) is 2.18. The van der Waals surface area contributed by atoms with Crippen LogP contribution in [0.15, 0.2) is 24.3 Å². The van der Waals surface area contributed by atoms with Crippen LogP contribution in [0, 0.1) is 11.7 Å². The van der Waals surface area contributed by atoms with E-state index in [0.717, 1.165) is 0 Å². The zero-order chi connectivity index (χ0) is 11.4. The molecule has 0 amide bonds. The van der Waals surface area contributed by atoms with Gasteiger partial charge in [-0.25, -0.2) is 4.39 Å². The summed E-state index contributed by atoms with van der Waals surface area (Å²) in [7, 11) is 0. The number of carbonyl (C=O) groups is 1. The van der Waals surface area contributed by atoms with Gasteiger partial charge in [-0.15, -0.1) is 0 Å². The second-order valence-electron chi connectivity index (χ2n) is 4.02. The van der Waals surface area contributed by atoms with E-state index in [1.54, 1.807) is 12.1 Å². The van der Waals surface area contributed by atoms with Gasteiger partial charge in [0.25, 0.3) is 0 Å². The van der Waals surface area contributed by atoms with E-state index in [1.165, 1.54) is 12.1 Å². The van der Waals surface area contributed by atoms with Crippen LogP contribution < -0.4 is 5.73 Å². The number of rotatable bonds is 4. The summed E-state index contributed by atoms with van der Waals surface area (Å²) >= 11 is 0. The van der Waals surface area contributed by atoms with Crippen molar-refractivity contribution < 1.29 is 9.18 Å². The fraction of sp³-hybridized carbons (Fsp3) is 0.417. The van der Waals surface area contributed by atoms with E-state index < -0.39 is 5.82 Å². The van der Waals surface area contributed by atoms with E-state index in [1.807, 2.05) is 13.8 Å². The molecule has 0 spiro atoms. The Bertz CT molecular complexity index is 349. The van der Waals surface area contributed by atoms with Gasteiger partial charge >= 0.3 is 0 Å². The number of hydrogen-bond acceptors (Lipinski definition) is 2. The van der Waals surface area contributed by atoms with Crippen molar-refractivity contribution in [3.8, 4) is 0 Å². The van der Waals surface area contributed by atoms with Crippen molar-refractivity contribution in [3.63, 3.8) is 0 Å². The minimum atomic E-state index is -0.474. The van der Waals surface area contributed by atoms with Crippen molar-refractivity contribution in [2.45, 2.75) is 26.3 Å². The van der Waals surface area contributed by atoms with Gasteiger partial charge in [0.2, 0.25) is 0 Å². The number of benzene rings is 1. The quantitative estimate of drug-likeness (QED) is 0.774. The minimum Gasteiger partial charge on any atom is -0.327 e. The summed E-state index contributed by atoms with van der Waals surface area (Å²) in [5.41, 5.74) is 5.89. The predicted molar refractivity (Wildman–Crippen MR) is 58.2 cm³/mol. The Morgan fingerprint density at radius 2 is 2.00 bits per heavy atom. The van der Waals surface area contributed by atoms with Crippen LogP contribution in [0.25, 0.3) is 0 Å². The van der Waals surface area contributed by atoms with Crippen LogP contribution in [0.3, 0.4) is 0 Å². The van der Waals surface area contributed by atoms with Gasteiger partial charge in [0.05, 0.1) is 5.56 Å². The topological polar surface area (TPSA) is 43.1 Å². The molecular formula is C12H16FNO. The lowest BCUT2D eigenvalue weighted by Gasteiger charge is -2.14. The highest BCUT2D eigenvalue weighted by molar-refractivity contribution is 5.96. The summed E-state index contributed by atoms with van der Waals surface area (Å²) in [6, 6.07) is 5.78. The van der Waals surface area contributed by atoms with Crippen molar-refractivity contribution in [1.29, 1.82) is 0 Å². The van der Waals surface area contributed by atoms with Crippen LogP contribution in [0.4, 0.5) is 4.39 Å². The molecule has 0 aliphatic carbocycles. The molecule has 0 aromatic heterocycles. The number of hydrogen-bond donors (Lipinski definition) is 1. The van der Waals surface area contributed by atoms with Crippen molar-refractivity contribution in [3.05, 3.63) is 35.6 Å². The molecule has 0 saturated carbocycles. The molecule has 1 atom stereocenters. The number of nitrogens with two attached hydrogens (primary N) is 1. The first kappa shape index (κ1) is 11.9. The Morgan fingerprint density at radius 3 is 2.53 bits per heavy atom. The molecule has 15 heavy (non-hydrogen) atoms. The molecule has 0 bridgehead atoms. The molecule has 1 aromatic rings. The Kier molecular flexibility index (Phi) is 3.97. The standard InChI is InChI=1S/C12H16FNO/c1-8(2)11(14)7-12(15)9-5-3-4-6-10(9)13/h3-6,8,11H,7,14H2,1-2H3. The highest BCUT2D eigenvalue weighted by Gasteiger charge is 2.16. The molecule has 0 saturated heterocycles. The molecule has 0 aliphatic rings. The Labute approximate surface area is 89.3 Å². The molecular weight excluding hydrogens is 193 g/mol. The molecule has 0 radical (unpaired) electrons. The third-order valence-electron chi connectivity index (χ3n) is 2.45. The molecule has 0 heterocycles. The van der Waals surface area contributed by atoms with Gasteiger partial charge in [0, 0.05) is 12.5 Å². The molecule has 1 rings (SSSR count). The van der Waals surface area contributed by atoms with E-state index in [-0.39, 0.29) is 29.7 Å². The first-order valence-electron chi connectivity index (χ1n) is 5.05. The van der Waals surface area contributed by atoms with Crippen molar-refractivity contribution >= 4 is 5.78 Å². The summed E-state index contributed by atoms with van der Waals surface area (Å²) in [4.78, 5) is 11.7. The zero-order valence-corrected chi connectivity index (χ0v) is 9.03. The maximum atomic E-state index is 13.2. The van der Waals surface area contributed by atoms with Crippen molar-refractivity contribution in [2.24, 2.45) is 11.7 Å². The van der Waals surface area contributed by atoms with E-state index in [0.29, 0.717) is 0 Å². The lowest BCUT2D eigenvalue weighted by molar-refractivity contribution is 0.0964. The minimum absolute atomic E-state index is 0.133. The first-order chi connectivity index (χ1) is 7.02. The van der Waals surface area contributed by atoms with Gasteiger partial charge in [-0.1, -0.05) is 26.0 Å². The predicted octanol–water partition coefficient (Wildman–Crippen LogP) is 2.38. The summed E-state index contributed by atoms with van der Waals surface area (Å²) in [5, 5.41) is 0. The first-order valence-corrected chi connectivity index (χ1v) is 5.05. The second-order valence-corrected chi connectivity index (χ2v) is 4.02. The number of ketones is 1. The van der Waals surface area contributed by atoms with Crippen LogP contribution in [-0.2, 0) is 0 Å². The highest BCUT2D eigenvalue weighted by atomic mass is 19.1. The Balaban J connectivity index is 2.74. The van der Waals surface area contributed by atoms with Gasteiger partial charge in [-0.05, 0) is 18.1 Å². The highest BCUT2D eigenvalue weighted by Crippen LogP contribution is 2.12. The maximum Gasteiger partial charge on any atom is 0.167 e. The van der Waals surface area contributed by atoms with Crippen molar-refractivity contribution in [1.82, 2.24) is 0 Å². The largest absolute Gasteiger partial charge is 0.327 e. The number of Topliss-reactive ketones (excluding diaryl/α,β-unsaturated/α-hetero) is 1. The maximum absolute atomic E-state index is 13.2. The fourth-order valence-corrected chi connectivity index (χ4v) is 1.25. The third kappa shape index (κ3) is 3.13. The van der Waals surface area contributed by atoms with Crippen LogP contribution in [-0.4, -0.2) is 11.8 Å². The number of carbonyl (C=O) groups excluding carboxylic acids is 1. The van der Waals surface area contributed by atoms with Crippen molar-refractivity contribution in [2.75, 3.05) is 0 Å². The fourth-order valence-electron chi connectivity index (χ4n) is 1.25. The Morgan fingerprint density at radius 1 is 1.40 bits per heavy atom. The van der Waals surface area contributed by atoms with E-state index in [9.17, 15) is 9.18 Å². The van der Waals surface area contributed by atoms with Crippen LogP contribution >= 0.6 is 0 Å². The molecule has 1 unspecified atom stereocenters. The SMILES string of the molecule is CC(C)C(N)CC(=O)c1ccccc1F. The third-order valence-corrected chi connectivity index (χ3v) is 2.45. The van der Waals surface area contributed by atoms with Gasteiger partial charge in [0.1, 0.15) is 5.82 Å². The molecule has 1 aromatic carbocycles. The van der Waals surface area contributed by atoms with E-state index >= 15 is 0 Å². The summed E-state index contributed by atoms with van der Waals surface area (Å²) in [6.45, 7) is 3.89. The van der Waals surface area contributed by atoms with Crippen LogP contribution in [0.2, 0.25) is 0 Å². The normalized spacial score (nSPS) is 12.9. The van der Waals surface area contributed by atoms with Crippen LogP contribution in [0.1, 0.15) is 30.6 Å². The summed E-state index contributed by atoms with van der Waals surface area (Å²) in [5.74, 6) is -0.478. The molecule has 3 heteroatoms. The lowest BCUT2D eigenvalue weighted by atomic mass is 9.96. The van der Waals surface area contributed by atoms with E-state index in [4.69, 9.17) is 5.73 Å². The smallest absolute Gasteiger partial charge is 0.167 e. The summed E-state index contributed by atoms with van der Waals surface area (Å²) < 4.78 is 13.2. The van der Waals surface area contributed by atoms with Gasteiger partial charge in [-0.2, -0.15) is 0 Å². The summed E-state index contributed by atoms with van der Waals surface area (Å²) in [6.07, 6.45) is 0.193. The second kappa shape index (κ2) is 5.03. The molecule has 2 nitrogen and oxygen atoms in total. The lowest BCUT2D eigenvalue weighted by Crippen LogP contribution is -2.29.